The molecule has 4 aromatic rings. The molecule has 0 saturated heterocycles. The van der Waals surface area contributed by atoms with Crippen molar-refractivity contribution < 1.29 is 22.0 Å². The first kappa shape index (κ1) is 24.9. The van der Waals surface area contributed by atoms with E-state index in [1.807, 2.05) is 0 Å². The number of benzene rings is 3. The van der Waals surface area contributed by atoms with E-state index in [0.717, 1.165) is 0 Å². The third-order valence-electron chi connectivity index (χ3n) is 4.86. The smallest absolute Gasteiger partial charge is 0.415 e. The quantitative estimate of drug-likeness (QED) is 0.254. The van der Waals surface area contributed by atoms with Crippen LogP contribution in [0.15, 0.2) is 108 Å². The number of hydrogen-bond acceptors (Lipinski definition) is 6. The van der Waals surface area contributed by atoms with Crippen LogP contribution < -0.4 is 13.8 Å². The molecule has 35 heavy (non-hydrogen) atoms. The normalized spacial score (nSPS) is 12.6. The minimum atomic E-state index is -4.30. The van der Waals surface area contributed by atoms with E-state index < -0.39 is 23.4 Å². The van der Waals surface area contributed by atoms with Gasteiger partial charge in [-0.2, -0.15) is 4.72 Å². The molecule has 0 amide bonds. The van der Waals surface area contributed by atoms with E-state index in [1.54, 1.807) is 104 Å². The number of sulfonamides is 1. The summed E-state index contributed by atoms with van der Waals surface area (Å²) in [6, 6.07) is 27.7. The molecule has 7 nitrogen and oxygen atoms in total. The molecule has 0 unspecified atom stereocenters. The molecule has 1 heterocycles. The average molecular weight is 529 g/mol. The zero-order valence-corrected chi connectivity index (χ0v) is 21.1. The van der Waals surface area contributed by atoms with Gasteiger partial charge in [-0.3, -0.25) is 0 Å². The summed E-state index contributed by atoms with van der Waals surface area (Å²) < 4.78 is 55.5. The van der Waals surface area contributed by atoms with Crippen molar-refractivity contribution in [2.45, 2.75) is 17.7 Å². The minimum Gasteiger partial charge on any atom is -0.415 e. The van der Waals surface area contributed by atoms with E-state index in [-0.39, 0.29) is 16.5 Å². The average Bonchev–Trinajstić information content (AvgIpc) is 2.84. The van der Waals surface area contributed by atoms with E-state index in [0.29, 0.717) is 16.3 Å². The van der Waals surface area contributed by atoms with Crippen molar-refractivity contribution >= 4 is 29.2 Å². The standard InChI is InChI=1S/C25H22ClN2O5PS/c1-19-9-8-14-24(27-19)35(30,31)28-25(20-15-17-21(26)18-16-20)34(29,32-22-10-4-2-5-11-22)33-23-12-6-3-7-13-23/h2-18,25,28H,1H3/t25-/m0/s1. The highest BCUT2D eigenvalue weighted by atomic mass is 35.5. The van der Waals surface area contributed by atoms with Crippen LogP contribution >= 0.6 is 19.2 Å². The second kappa shape index (κ2) is 10.6. The van der Waals surface area contributed by atoms with E-state index in [9.17, 15) is 13.0 Å². The highest BCUT2D eigenvalue weighted by Crippen LogP contribution is 2.59. The van der Waals surface area contributed by atoms with Crippen LogP contribution in [0.25, 0.3) is 0 Å². The van der Waals surface area contributed by atoms with Crippen molar-refractivity contribution in [1.29, 1.82) is 0 Å². The molecular weight excluding hydrogens is 507 g/mol. The van der Waals surface area contributed by atoms with E-state index in [2.05, 4.69) is 9.71 Å². The van der Waals surface area contributed by atoms with Crippen LogP contribution in [-0.4, -0.2) is 13.4 Å². The second-order valence-electron chi connectivity index (χ2n) is 7.54. The summed E-state index contributed by atoms with van der Waals surface area (Å²) in [6.07, 6.45) is 0. The number of hydrogen-bond donors (Lipinski definition) is 1. The van der Waals surface area contributed by atoms with Crippen LogP contribution in [0.1, 0.15) is 17.0 Å². The molecule has 180 valence electrons. The van der Waals surface area contributed by atoms with E-state index >= 15 is 0 Å². The maximum Gasteiger partial charge on any atom is 0.453 e. The summed E-state index contributed by atoms with van der Waals surface area (Å²) in [5, 5.41) is 0.209. The summed E-state index contributed by atoms with van der Waals surface area (Å²) in [5.41, 5.74) is 0.848. The molecule has 0 aliphatic heterocycles. The summed E-state index contributed by atoms with van der Waals surface area (Å²) in [5.74, 6) is -0.926. The van der Waals surface area contributed by atoms with Gasteiger partial charge in [0.05, 0.1) is 0 Å². The van der Waals surface area contributed by atoms with Crippen molar-refractivity contribution in [3.63, 3.8) is 0 Å². The molecule has 3 aromatic carbocycles. The molecule has 1 N–H and O–H groups in total. The van der Waals surface area contributed by atoms with Crippen LogP contribution in [0, 0.1) is 6.92 Å². The highest BCUT2D eigenvalue weighted by Gasteiger charge is 2.44. The van der Waals surface area contributed by atoms with Gasteiger partial charge in [0.15, 0.2) is 10.8 Å². The predicted octanol–water partition coefficient (Wildman–Crippen LogP) is 6.37. The van der Waals surface area contributed by atoms with Crippen LogP contribution in [0.2, 0.25) is 5.02 Å². The lowest BCUT2D eigenvalue weighted by molar-refractivity contribution is 0.368. The summed E-state index contributed by atoms with van der Waals surface area (Å²) >= 11 is 6.06. The van der Waals surface area contributed by atoms with Crippen molar-refractivity contribution in [1.82, 2.24) is 9.71 Å². The molecule has 4 rings (SSSR count). The van der Waals surface area contributed by atoms with Gasteiger partial charge in [0, 0.05) is 10.7 Å². The Balaban J connectivity index is 1.83. The van der Waals surface area contributed by atoms with Crippen LogP contribution in [0.4, 0.5) is 0 Å². The van der Waals surface area contributed by atoms with Crippen molar-refractivity contribution in [2.24, 2.45) is 0 Å². The zero-order chi connectivity index (χ0) is 24.9. The summed E-state index contributed by atoms with van der Waals surface area (Å²) in [7, 11) is -8.53. The van der Waals surface area contributed by atoms with E-state index in [4.69, 9.17) is 20.6 Å². The maximum atomic E-state index is 14.5. The molecule has 0 aliphatic rings. The minimum absolute atomic E-state index is 0.220. The van der Waals surface area contributed by atoms with Gasteiger partial charge < -0.3 is 9.05 Å². The van der Waals surface area contributed by atoms with Gasteiger partial charge in [0.2, 0.25) is 0 Å². The monoisotopic (exact) mass is 528 g/mol. The van der Waals surface area contributed by atoms with Crippen molar-refractivity contribution in [3.8, 4) is 11.5 Å². The lowest BCUT2D eigenvalue weighted by atomic mass is 10.2. The third kappa shape index (κ3) is 6.29. The van der Waals surface area contributed by atoms with Gasteiger partial charge in [0.25, 0.3) is 10.0 Å². The van der Waals surface area contributed by atoms with Crippen molar-refractivity contribution in [2.75, 3.05) is 0 Å². The third-order valence-corrected chi connectivity index (χ3v) is 8.60. The number of nitrogens with one attached hydrogen (secondary N) is 1. The number of rotatable bonds is 9. The Kier molecular flexibility index (Phi) is 7.57. The van der Waals surface area contributed by atoms with Gasteiger partial charge in [-0.1, -0.05) is 66.2 Å². The Hall–Kier alpha value is -3.16. The fourth-order valence-electron chi connectivity index (χ4n) is 3.22. The van der Waals surface area contributed by atoms with Crippen LogP contribution in [0.3, 0.4) is 0 Å². The van der Waals surface area contributed by atoms with Crippen LogP contribution in [0.5, 0.6) is 11.5 Å². The zero-order valence-electron chi connectivity index (χ0n) is 18.6. The SMILES string of the molecule is Cc1cccc(S(=O)(=O)N[C@H](c2ccc(Cl)cc2)P(=O)(Oc2ccccc2)Oc2ccccc2)n1. The largest absolute Gasteiger partial charge is 0.453 e. The molecule has 10 heteroatoms. The molecular formula is C25H22ClN2O5PS. The first-order valence-electron chi connectivity index (χ1n) is 10.6. The fourth-order valence-corrected chi connectivity index (χ4v) is 6.96. The predicted molar refractivity (Wildman–Crippen MR) is 135 cm³/mol. The lowest BCUT2D eigenvalue weighted by Crippen LogP contribution is -2.31. The Labute approximate surface area is 209 Å². The number of halogens is 1. The molecule has 1 atom stereocenters. The molecule has 0 fully saturated rings. The Bertz CT molecular complexity index is 1390. The summed E-state index contributed by atoms with van der Waals surface area (Å²) in [4.78, 5) is 4.11. The number of aryl methyl sites for hydroxylation is 1. The first-order valence-corrected chi connectivity index (χ1v) is 14.0. The highest BCUT2D eigenvalue weighted by molar-refractivity contribution is 7.89. The molecule has 1 aromatic heterocycles. The Morgan fingerprint density at radius 1 is 0.800 bits per heavy atom. The number of para-hydroxylation sites is 2. The van der Waals surface area contributed by atoms with Gasteiger partial charge >= 0.3 is 7.60 Å². The molecule has 0 bridgehead atoms. The topological polar surface area (TPSA) is 94.6 Å². The Morgan fingerprint density at radius 3 is 1.86 bits per heavy atom. The van der Waals surface area contributed by atoms with Gasteiger partial charge in [-0.05, 0) is 61.0 Å². The first-order chi connectivity index (χ1) is 16.7. The second-order valence-corrected chi connectivity index (χ2v) is 11.6. The number of aromatic nitrogens is 1. The van der Waals surface area contributed by atoms with Crippen LogP contribution in [-0.2, 0) is 14.6 Å². The number of pyridine rings is 1. The van der Waals surface area contributed by atoms with E-state index in [1.165, 1.54) is 6.07 Å². The van der Waals surface area contributed by atoms with Gasteiger partial charge in [-0.15, -0.1) is 0 Å². The fraction of sp³-hybridized carbons (Fsp3) is 0.0800. The molecule has 0 aliphatic carbocycles. The summed E-state index contributed by atoms with van der Waals surface area (Å²) in [6.45, 7) is 1.68. The number of nitrogens with zero attached hydrogens (tertiary/aromatic N) is 1. The molecule has 0 radical (unpaired) electrons. The maximum absolute atomic E-state index is 14.5. The lowest BCUT2D eigenvalue weighted by Gasteiger charge is -2.28. The molecule has 0 spiro atoms. The Morgan fingerprint density at radius 2 is 1.34 bits per heavy atom. The van der Waals surface area contributed by atoms with Gasteiger partial charge in [0.1, 0.15) is 11.5 Å². The van der Waals surface area contributed by atoms with Gasteiger partial charge in [-0.25, -0.2) is 18.0 Å². The molecule has 0 saturated carbocycles. The van der Waals surface area contributed by atoms with Crippen molar-refractivity contribution in [3.05, 3.63) is 119 Å².